The summed E-state index contributed by atoms with van der Waals surface area (Å²) in [5.41, 5.74) is 1.97. The van der Waals surface area contributed by atoms with Gasteiger partial charge in [0.15, 0.2) is 5.82 Å². The molecule has 1 heterocycles. The fourth-order valence-electron chi connectivity index (χ4n) is 1.60. The molecule has 88 valence electrons. The van der Waals surface area contributed by atoms with E-state index < -0.39 is 0 Å². The van der Waals surface area contributed by atoms with Gasteiger partial charge in [0.1, 0.15) is 5.82 Å². The van der Waals surface area contributed by atoms with Gasteiger partial charge in [0.25, 0.3) is 0 Å². The van der Waals surface area contributed by atoms with Crippen LogP contribution >= 0.6 is 15.9 Å². The Kier molecular flexibility index (Phi) is 3.74. The number of aromatic nitrogens is 2. The number of hydrogen-bond donors (Lipinski definition) is 1. The number of anilines is 1. The van der Waals surface area contributed by atoms with Gasteiger partial charge in [-0.1, -0.05) is 34.1 Å². The van der Waals surface area contributed by atoms with E-state index in [0.29, 0.717) is 0 Å². The lowest BCUT2D eigenvalue weighted by Crippen LogP contribution is -2.02. The minimum absolute atomic E-state index is 0.744. The second-order valence-corrected chi connectivity index (χ2v) is 4.58. The van der Waals surface area contributed by atoms with Crippen molar-refractivity contribution in [1.82, 2.24) is 9.97 Å². The van der Waals surface area contributed by atoms with E-state index in [1.165, 1.54) is 0 Å². The Morgan fingerprint density at radius 2 is 2.00 bits per heavy atom. The fourth-order valence-corrected chi connectivity index (χ4v) is 2.07. The van der Waals surface area contributed by atoms with Gasteiger partial charge in [0, 0.05) is 28.3 Å². The number of benzene rings is 1. The number of rotatable bonds is 3. The van der Waals surface area contributed by atoms with Crippen molar-refractivity contribution in [3.63, 3.8) is 0 Å². The van der Waals surface area contributed by atoms with E-state index in [2.05, 4.69) is 38.1 Å². The number of aryl methyl sites for hydroxylation is 1. The van der Waals surface area contributed by atoms with Gasteiger partial charge >= 0.3 is 0 Å². The van der Waals surface area contributed by atoms with E-state index in [1.807, 2.05) is 37.3 Å². The average Bonchev–Trinajstić information content (AvgIpc) is 2.29. The Morgan fingerprint density at radius 3 is 2.71 bits per heavy atom. The number of nitrogens with one attached hydrogen (secondary N) is 1. The first-order chi connectivity index (χ1) is 8.20. The van der Waals surface area contributed by atoms with E-state index in [9.17, 15) is 0 Å². The summed E-state index contributed by atoms with van der Waals surface area (Å²) in [6.45, 7) is 4.88. The molecule has 2 rings (SSSR count). The predicted molar refractivity (Wildman–Crippen MR) is 74.1 cm³/mol. The summed E-state index contributed by atoms with van der Waals surface area (Å²) in [5, 5.41) is 3.21. The van der Waals surface area contributed by atoms with Crippen LogP contribution in [0.5, 0.6) is 0 Å². The second kappa shape index (κ2) is 5.27. The van der Waals surface area contributed by atoms with E-state index in [-0.39, 0.29) is 0 Å². The molecule has 3 nitrogen and oxygen atoms in total. The molecule has 0 saturated heterocycles. The van der Waals surface area contributed by atoms with E-state index in [0.717, 1.165) is 33.9 Å². The Balaban J connectivity index is 2.48. The Morgan fingerprint density at radius 1 is 1.24 bits per heavy atom. The third kappa shape index (κ3) is 2.82. The van der Waals surface area contributed by atoms with Gasteiger partial charge < -0.3 is 5.32 Å². The molecular weight excluding hydrogens is 278 g/mol. The number of halogens is 1. The predicted octanol–water partition coefficient (Wildman–Crippen LogP) is 3.65. The fraction of sp³-hybridized carbons (Fsp3) is 0.231. The first-order valence-electron chi connectivity index (χ1n) is 5.55. The SMILES string of the molecule is CCNc1cc(C)nc(-c2ccccc2Br)n1. The lowest BCUT2D eigenvalue weighted by Gasteiger charge is -2.08. The highest BCUT2D eigenvalue weighted by molar-refractivity contribution is 9.10. The zero-order valence-corrected chi connectivity index (χ0v) is 11.5. The van der Waals surface area contributed by atoms with Crippen molar-refractivity contribution in [3.8, 4) is 11.4 Å². The highest BCUT2D eigenvalue weighted by Crippen LogP contribution is 2.26. The van der Waals surface area contributed by atoms with Gasteiger partial charge in [-0.05, 0) is 19.9 Å². The smallest absolute Gasteiger partial charge is 0.162 e. The van der Waals surface area contributed by atoms with Crippen LogP contribution < -0.4 is 5.32 Å². The molecule has 0 radical (unpaired) electrons. The zero-order chi connectivity index (χ0) is 12.3. The molecule has 0 unspecified atom stereocenters. The Bertz CT molecular complexity index is 526. The third-order valence-corrected chi connectivity index (χ3v) is 3.02. The normalized spacial score (nSPS) is 10.3. The Labute approximate surface area is 109 Å². The van der Waals surface area contributed by atoms with Gasteiger partial charge in [-0.2, -0.15) is 0 Å². The highest BCUT2D eigenvalue weighted by Gasteiger charge is 2.07. The molecule has 1 aromatic carbocycles. The van der Waals surface area contributed by atoms with Crippen LogP contribution in [0.25, 0.3) is 11.4 Å². The molecule has 0 aliphatic carbocycles. The van der Waals surface area contributed by atoms with Crippen molar-refractivity contribution in [1.29, 1.82) is 0 Å². The molecule has 0 bridgehead atoms. The molecule has 0 aliphatic rings. The van der Waals surface area contributed by atoms with Crippen molar-refractivity contribution in [3.05, 3.63) is 40.5 Å². The highest BCUT2D eigenvalue weighted by atomic mass is 79.9. The second-order valence-electron chi connectivity index (χ2n) is 3.73. The molecule has 0 amide bonds. The van der Waals surface area contributed by atoms with Crippen LogP contribution in [0.3, 0.4) is 0 Å². The molecule has 17 heavy (non-hydrogen) atoms. The van der Waals surface area contributed by atoms with Crippen LogP contribution in [-0.4, -0.2) is 16.5 Å². The summed E-state index contributed by atoms with van der Waals surface area (Å²) in [4.78, 5) is 8.97. The Hall–Kier alpha value is -1.42. The molecular formula is C13H14BrN3. The number of nitrogens with zero attached hydrogens (tertiary/aromatic N) is 2. The quantitative estimate of drug-likeness (QED) is 0.938. The van der Waals surface area contributed by atoms with Gasteiger partial charge in [0.05, 0.1) is 0 Å². The number of hydrogen-bond acceptors (Lipinski definition) is 3. The van der Waals surface area contributed by atoms with Crippen LogP contribution in [0.2, 0.25) is 0 Å². The van der Waals surface area contributed by atoms with Crippen molar-refractivity contribution in [2.24, 2.45) is 0 Å². The monoisotopic (exact) mass is 291 g/mol. The molecule has 1 aromatic heterocycles. The summed E-state index contributed by atoms with van der Waals surface area (Å²) < 4.78 is 1.01. The zero-order valence-electron chi connectivity index (χ0n) is 9.87. The molecule has 0 saturated carbocycles. The first kappa shape index (κ1) is 12.0. The first-order valence-corrected chi connectivity index (χ1v) is 6.34. The maximum Gasteiger partial charge on any atom is 0.162 e. The van der Waals surface area contributed by atoms with Crippen LogP contribution in [0.1, 0.15) is 12.6 Å². The van der Waals surface area contributed by atoms with Crippen LogP contribution in [0, 0.1) is 6.92 Å². The summed E-state index contributed by atoms with van der Waals surface area (Å²) >= 11 is 3.52. The summed E-state index contributed by atoms with van der Waals surface area (Å²) in [5.74, 6) is 1.61. The van der Waals surface area contributed by atoms with Crippen molar-refractivity contribution in [2.45, 2.75) is 13.8 Å². The van der Waals surface area contributed by atoms with Gasteiger partial charge in [-0.3, -0.25) is 0 Å². The standard InChI is InChI=1S/C13H14BrN3/c1-3-15-12-8-9(2)16-13(17-12)10-6-4-5-7-11(10)14/h4-8H,3H2,1-2H3,(H,15,16,17). The molecule has 0 fully saturated rings. The van der Waals surface area contributed by atoms with E-state index >= 15 is 0 Å². The molecule has 1 N–H and O–H groups in total. The summed E-state index contributed by atoms with van der Waals surface area (Å²) in [6.07, 6.45) is 0. The molecule has 2 aromatic rings. The van der Waals surface area contributed by atoms with E-state index in [1.54, 1.807) is 0 Å². The van der Waals surface area contributed by atoms with Crippen molar-refractivity contribution in [2.75, 3.05) is 11.9 Å². The van der Waals surface area contributed by atoms with Crippen LogP contribution in [0.15, 0.2) is 34.8 Å². The van der Waals surface area contributed by atoms with E-state index in [4.69, 9.17) is 0 Å². The topological polar surface area (TPSA) is 37.8 Å². The van der Waals surface area contributed by atoms with Gasteiger partial charge in [-0.15, -0.1) is 0 Å². The molecule has 0 atom stereocenters. The lowest BCUT2D eigenvalue weighted by molar-refractivity contribution is 1.08. The lowest BCUT2D eigenvalue weighted by atomic mass is 10.2. The molecule has 0 spiro atoms. The summed E-state index contributed by atoms with van der Waals surface area (Å²) in [7, 11) is 0. The van der Waals surface area contributed by atoms with Crippen molar-refractivity contribution >= 4 is 21.7 Å². The minimum atomic E-state index is 0.744. The van der Waals surface area contributed by atoms with Crippen molar-refractivity contribution < 1.29 is 0 Å². The largest absolute Gasteiger partial charge is 0.370 e. The average molecular weight is 292 g/mol. The maximum absolute atomic E-state index is 4.50. The molecule has 0 aliphatic heterocycles. The van der Waals surface area contributed by atoms with Gasteiger partial charge in [0.2, 0.25) is 0 Å². The third-order valence-electron chi connectivity index (χ3n) is 2.33. The van der Waals surface area contributed by atoms with Gasteiger partial charge in [-0.25, -0.2) is 9.97 Å². The maximum atomic E-state index is 4.50. The van der Waals surface area contributed by atoms with Crippen LogP contribution in [0.4, 0.5) is 5.82 Å². The minimum Gasteiger partial charge on any atom is -0.370 e. The molecule has 4 heteroatoms. The summed E-state index contributed by atoms with van der Waals surface area (Å²) in [6, 6.07) is 9.92. The van der Waals surface area contributed by atoms with Crippen LogP contribution in [-0.2, 0) is 0 Å².